The third-order valence-electron chi connectivity index (χ3n) is 4.51. The van der Waals surface area contributed by atoms with Crippen LogP contribution in [0, 0.1) is 4.77 Å². The van der Waals surface area contributed by atoms with Crippen molar-refractivity contribution in [3.63, 3.8) is 0 Å². The summed E-state index contributed by atoms with van der Waals surface area (Å²) in [7, 11) is 1.71. The van der Waals surface area contributed by atoms with Crippen molar-refractivity contribution in [2.75, 3.05) is 6.61 Å². The van der Waals surface area contributed by atoms with Crippen LogP contribution in [0.15, 0.2) is 47.4 Å². The summed E-state index contributed by atoms with van der Waals surface area (Å²) in [5.41, 5.74) is -0.0703. The van der Waals surface area contributed by atoms with Crippen molar-refractivity contribution in [2.45, 2.75) is 13.3 Å². The highest BCUT2D eigenvalue weighted by Gasteiger charge is 2.22. The molecule has 3 heterocycles. The minimum atomic E-state index is -2.90. The number of aryl methyl sites for hydroxylation is 1. The van der Waals surface area contributed by atoms with Crippen molar-refractivity contribution in [3.05, 3.63) is 63.3 Å². The average Bonchev–Trinajstić information content (AvgIpc) is 3.14. The minimum absolute atomic E-state index is 0.00866. The van der Waals surface area contributed by atoms with E-state index in [2.05, 4.69) is 15.1 Å². The molecular weight excluding hydrogens is 412 g/mol. The number of nitrogens with one attached hydrogen (secondary N) is 1. The molecule has 0 atom stereocenters. The molecule has 0 aliphatic heterocycles. The molecule has 0 saturated heterocycles. The molecule has 154 valence electrons. The quantitative estimate of drug-likeness (QED) is 0.482. The lowest BCUT2D eigenvalue weighted by atomic mass is 10.1. The van der Waals surface area contributed by atoms with Crippen LogP contribution in [0.4, 0.5) is 8.78 Å². The van der Waals surface area contributed by atoms with Gasteiger partial charge in [0.15, 0.2) is 10.4 Å². The van der Waals surface area contributed by atoms with Gasteiger partial charge in [0.25, 0.3) is 12.0 Å². The Morgan fingerprint density at radius 1 is 1.23 bits per heavy atom. The van der Waals surface area contributed by atoms with Crippen LogP contribution in [0.3, 0.4) is 0 Å². The zero-order valence-electron chi connectivity index (χ0n) is 16.1. The summed E-state index contributed by atoms with van der Waals surface area (Å²) >= 11 is 5.37. The third kappa shape index (κ3) is 3.39. The highest BCUT2D eigenvalue weighted by atomic mass is 32.1. The predicted molar refractivity (Wildman–Crippen MR) is 111 cm³/mol. The normalized spacial score (nSPS) is 11.4. The highest BCUT2D eigenvalue weighted by Crippen LogP contribution is 2.31. The summed E-state index contributed by atoms with van der Waals surface area (Å²) in [6, 6.07) is 9.83. The lowest BCUT2D eigenvalue weighted by Crippen LogP contribution is -2.17. The first-order chi connectivity index (χ1) is 14.4. The number of alkyl halides is 2. The second kappa shape index (κ2) is 7.79. The second-order valence-electron chi connectivity index (χ2n) is 6.47. The Kier molecular flexibility index (Phi) is 5.17. The van der Waals surface area contributed by atoms with Crippen LogP contribution in [-0.4, -0.2) is 30.9 Å². The molecule has 30 heavy (non-hydrogen) atoms. The number of pyridine rings is 1. The summed E-state index contributed by atoms with van der Waals surface area (Å²) in [5.74, 6) is 0.480. The number of halogens is 2. The first kappa shape index (κ1) is 19.9. The Labute approximate surface area is 174 Å². The molecule has 0 amide bonds. The molecule has 0 unspecified atom stereocenters. The smallest absolute Gasteiger partial charge is 0.264 e. The number of H-pyrrole nitrogens is 1. The van der Waals surface area contributed by atoms with E-state index in [0.29, 0.717) is 23.7 Å². The molecule has 7 nitrogen and oxygen atoms in total. The Morgan fingerprint density at radius 3 is 2.67 bits per heavy atom. The van der Waals surface area contributed by atoms with E-state index in [4.69, 9.17) is 17.0 Å². The number of benzene rings is 1. The monoisotopic (exact) mass is 429 g/mol. The molecule has 0 aliphatic carbocycles. The van der Waals surface area contributed by atoms with Crippen LogP contribution >= 0.6 is 12.2 Å². The van der Waals surface area contributed by atoms with Crippen molar-refractivity contribution in [2.24, 2.45) is 7.05 Å². The molecule has 4 rings (SSSR count). The van der Waals surface area contributed by atoms with Crippen molar-refractivity contribution in [3.8, 4) is 22.8 Å². The van der Waals surface area contributed by atoms with E-state index >= 15 is 0 Å². The van der Waals surface area contributed by atoms with Gasteiger partial charge in [-0.2, -0.15) is 5.10 Å². The third-order valence-corrected chi connectivity index (χ3v) is 4.80. The second-order valence-corrected chi connectivity index (χ2v) is 6.85. The van der Waals surface area contributed by atoms with Crippen LogP contribution in [-0.2, 0) is 7.05 Å². The fourth-order valence-electron chi connectivity index (χ4n) is 3.25. The van der Waals surface area contributed by atoms with E-state index in [1.54, 1.807) is 43.6 Å². The molecule has 0 spiro atoms. The molecule has 0 radical (unpaired) electrons. The first-order valence-corrected chi connectivity index (χ1v) is 9.52. The number of hydrogen-bond acceptors (Lipinski definition) is 5. The molecule has 0 saturated carbocycles. The van der Waals surface area contributed by atoms with Crippen molar-refractivity contribution >= 4 is 23.3 Å². The van der Waals surface area contributed by atoms with Gasteiger partial charge in [-0.1, -0.05) is 12.1 Å². The predicted octanol–water partition coefficient (Wildman–Crippen LogP) is 4.18. The van der Waals surface area contributed by atoms with Gasteiger partial charge in [-0.05, 0) is 43.4 Å². The van der Waals surface area contributed by atoms with Crippen molar-refractivity contribution in [1.82, 2.24) is 24.3 Å². The number of fused-ring (bicyclic) bond motifs is 1. The number of aromatic nitrogens is 5. The first-order valence-electron chi connectivity index (χ1n) is 9.11. The molecule has 3 aromatic heterocycles. The topological polar surface area (TPSA) is 77.7 Å². The maximum atomic E-state index is 13.9. The van der Waals surface area contributed by atoms with E-state index in [-0.39, 0.29) is 21.5 Å². The van der Waals surface area contributed by atoms with E-state index < -0.39 is 17.5 Å². The molecule has 10 heteroatoms. The Balaban J connectivity index is 2.15. The lowest BCUT2D eigenvalue weighted by Gasteiger charge is -2.16. The number of aromatic amines is 1. The highest BCUT2D eigenvalue weighted by molar-refractivity contribution is 7.71. The number of ether oxygens (including phenoxy) is 1. The SMILES string of the molecule is CCOc1ccccc1-n1c(=S)[nH]c(=O)c2c(C(F)F)cc(-c3ccn(C)n3)nc21. The van der Waals surface area contributed by atoms with Crippen molar-refractivity contribution < 1.29 is 13.5 Å². The number of hydrogen-bond donors (Lipinski definition) is 1. The van der Waals surface area contributed by atoms with E-state index in [1.165, 1.54) is 15.3 Å². The summed E-state index contributed by atoms with van der Waals surface area (Å²) in [4.78, 5) is 19.6. The van der Waals surface area contributed by atoms with Crippen molar-refractivity contribution in [1.29, 1.82) is 0 Å². The van der Waals surface area contributed by atoms with Gasteiger partial charge in [-0.3, -0.25) is 19.0 Å². The molecule has 0 bridgehead atoms. The van der Waals surface area contributed by atoms with Crippen LogP contribution in [0.5, 0.6) is 5.75 Å². The van der Waals surface area contributed by atoms with Gasteiger partial charge in [-0.25, -0.2) is 13.8 Å². The van der Waals surface area contributed by atoms with Gasteiger partial charge in [0, 0.05) is 18.8 Å². The van der Waals surface area contributed by atoms with Gasteiger partial charge in [0.2, 0.25) is 0 Å². The Morgan fingerprint density at radius 2 is 2.00 bits per heavy atom. The zero-order chi connectivity index (χ0) is 21.4. The number of para-hydroxylation sites is 2. The maximum Gasteiger partial charge on any atom is 0.264 e. The summed E-state index contributed by atoms with van der Waals surface area (Å²) in [6.45, 7) is 2.22. The molecule has 0 aliphatic rings. The lowest BCUT2D eigenvalue weighted by molar-refractivity contribution is 0.153. The van der Waals surface area contributed by atoms with Crippen LogP contribution in [0.2, 0.25) is 0 Å². The van der Waals surface area contributed by atoms with Crippen LogP contribution in [0.1, 0.15) is 18.9 Å². The summed E-state index contributed by atoms with van der Waals surface area (Å²) in [5, 5.41) is 4.01. The minimum Gasteiger partial charge on any atom is -0.492 e. The van der Waals surface area contributed by atoms with Crippen LogP contribution < -0.4 is 10.3 Å². The average molecular weight is 429 g/mol. The largest absolute Gasteiger partial charge is 0.492 e. The van der Waals surface area contributed by atoms with Gasteiger partial charge < -0.3 is 4.74 Å². The zero-order valence-corrected chi connectivity index (χ0v) is 16.9. The summed E-state index contributed by atoms with van der Waals surface area (Å²) in [6.07, 6.45) is -1.22. The number of nitrogens with zero attached hydrogens (tertiary/aromatic N) is 4. The van der Waals surface area contributed by atoms with Gasteiger partial charge in [0.1, 0.15) is 11.4 Å². The van der Waals surface area contributed by atoms with Gasteiger partial charge in [0.05, 0.1) is 23.4 Å². The molecular formula is C20H17F2N5O2S. The standard InChI is InChI=1S/C20H17F2N5O2S/c1-3-29-15-7-5-4-6-14(15)27-18-16(19(28)24-20(27)30)11(17(21)22)10-13(23-18)12-8-9-26(2)25-12/h4-10,17H,3H2,1-2H3,(H,24,28,30). The fourth-order valence-corrected chi connectivity index (χ4v) is 3.53. The molecule has 0 fully saturated rings. The maximum absolute atomic E-state index is 13.9. The van der Waals surface area contributed by atoms with E-state index in [1.807, 2.05) is 6.92 Å². The Hall–Kier alpha value is -3.40. The molecule has 1 aromatic carbocycles. The van der Waals surface area contributed by atoms with Gasteiger partial charge in [-0.15, -0.1) is 0 Å². The van der Waals surface area contributed by atoms with E-state index in [0.717, 1.165) is 0 Å². The number of rotatable bonds is 5. The van der Waals surface area contributed by atoms with Gasteiger partial charge >= 0.3 is 0 Å². The van der Waals surface area contributed by atoms with Crippen LogP contribution in [0.25, 0.3) is 28.1 Å². The summed E-state index contributed by atoms with van der Waals surface area (Å²) < 4.78 is 36.6. The Bertz CT molecular complexity index is 1360. The molecule has 4 aromatic rings. The fraction of sp³-hybridized carbons (Fsp3) is 0.200. The molecule has 1 N–H and O–H groups in total. The van der Waals surface area contributed by atoms with E-state index in [9.17, 15) is 13.6 Å².